The fraction of sp³-hybridized carbons (Fsp3) is 0.500. The first-order valence-electron chi connectivity index (χ1n) is 24.6. The second kappa shape index (κ2) is 21.9. The van der Waals surface area contributed by atoms with Gasteiger partial charge >= 0.3 is 18.1 Å². The van der Waals surface area contributed by atoms with Crippen molar-refractivity contribution in [2.45, 2.75) is 103 Å². The Morgan fingerprint density at radius 1 is 0.960 bits per heavy atom. The van der Waals surface area contributed by atoms with E-state index in [1.165, 1.54) is 6.92 Å². The Kier molecular flexibility index (Phi) is 16.4. The standard InChI is InChI=1S/C52H60N4O12.C2HF3O2/c1-29(20-39(58)30(2)53-43(61)26-56-44(62)16-17-45(56)63)48(65)54-35-9-7-8-32(22-35)21-31-10-12-33(13-11-31)49-67-42-24-38-37-15-14-34-23-36(57)18-19-50(34,3)47(37)40(59)25-51(38,4)52(42,68-49)41(60)28-66-46(64)27-55(5)6;3-2(4,5)1(6)7/h7-13,16-19,22-23,29-30,37-38,40,42,47,49,59H,14-15,20-21,24-28H2,1-6H3,(H,53,61)(H,54,65);(H,6,7)/t29-,30+,37+,38+,40+,42-,47-,49-,50+,51+,52-;/m1./s1. The minimum Gasteiger partial charge on any atom is -0.475 e. The van der Waals surface area contributed by atoms with Gasteiger partial charge in [0, 0.05) is 52.5 Å². The van der Waals surface area contributed by atoms with Crippen LogP contribution in [0.1, 0.15) is 82.8 Å². The van der Waals surface area contributed by atoms with Gasteiger partial charge in [-0.3, -0.25) is 48.2 Å². The van der Waals surface area contributed by atoms with Crippen molar-refractivity contribution in [3.8, 4) is 0 Å². The number of hydrogen-bond acceptors (Lipinski definition) is 14. The van der Waals surface area contributed by atoms with Crippen molar-refractivity contribution >= 4 is 58.6 Å². The predicted octanol–water partition coefficient (Wildman–Crippen LogP) is 4.59. The van der Waals surface area contributed by atoms with Crippen LogP contribution in [0.5, 0.6) is 0 Å². The minimum atomic E-state index is -5.08. The van der Waals surface area contributed by atoms with E-state index in [-0.39, 0.29) is 54.6 Å². The van der Waals surface area contributed by atoms with Gasteiger partial charge in [0.25, 0.3) is 11.8 Å². The molecule has 2 aromatic rings. The number of rotatable bonds is 16. The van der Waals surface area contributed by atoms with Crippen molar-refractivity contribution in [3.63, 3.8) is 0 Å². The maximum absolute atomic E-state index is 14.7. The molecule has 6 aliphatic rings. The highest BCUT2D eigenvalue weighted by molar-refractivity contribution is 6.14. The van der Waals surface area contributed by atoms with Gasteiger partial charge in [0.1, 0.15) is 6.54 Å². The molecule has 0 spiro atoms. The lowest BCUT2D eigenvalue weighted by Crippen LogP contribution is -2.63. The Bertz CT molecular complexity index is 2720. The van der Waals surface area contributed by atoms with Gasteiger partial charge < -0.3 is 35.1 Å². The molecule has 3 saturated carbocycles. The van der Waals surface area contributed by atoms with Gasteiger partial charge in [-0.25, -0.2) is 4.79 Å². The monoisotopic (exact) mass is 1050 g/mol. The molecule has 402 valence electrons. The van der Waals surface area contributed by atoms with E-state index in [0.717, 1.165) is 40.2 Å². The molecule has 4 amide bonds. The van der Waals surface area contributed by atoms with E-state index in [9.17, 15) is 56.6 Å². The van der Waals surface area contributed by atoms with E-state index in [2.05, 4.69) is 17.6 Å². The van der Waals surface area contributed by atoms with Gasteiger partial charge in [-0.2, -0.15) is 13.2 Å². The van der Waals surface area contributed by atoms with Crippen molar-refractivity contribution in [1.82, 2.24) is 15.1 Å². The summed E-state index contributed by atoms with van der Waals surface area (Å²) in [7, 11) is 3.48. The van der Waals surface area contributed by atoms with Gasteiger partial charge in [-0.05, 0) is 100 Å². The number of carboxylic acid groups (broad SMARTS) is 1. The van der Waals surface area contributed by atoms with E-state index in [4.69, 9.17) is 24.1 Å². The molecule has 18 nitrogen and oxygen atoms in total. The molecule has 2 aliphatic heterocycles. The number of esters is 1. The number of aliphatic carboxylic acids is 1. The van der Waals surface area contributed by atoms with Gasteiger partial charge in [0.05, 0.1) is 24.8 Å². The van der Waals surface area contributed by atoms with Gasteiger partial charge in [-0.15, -0.1) is 0 Å². The maximum Gasteiger partial charge on any atom is 0.490 e. The SMILES string of the molecule is C[C@H](CC(=O)[C@H](C)NC(=O)CN1C(=O)C=CC1=O)C(=O)Nc1cccc(Cc2ccc([C@@H]3O[C@@H]4C[C@H]5[C@@H]6CCC7=CC(=O)C=C[C@]7(C)[C@H]6[C@@H](O)C[C@]5(C)[C@]4(C(=O)COC(=O)CN(C)C)O3)cc2)c1.O=C(O)C(F)(F)F. The third-order valence-electron chi connectivity index (χ3n) is 15.6. The van der Waals surface area contributed by atoms with Crippen molar-refractivity contribution in [2.24, 2.45) is 34.5 Å². The average molecular weight is 1050 g/mol. The first-order valence-corrected chi connectivity index (χ1v) is 24.6. The molecule has 4 aliphatic carbocycles. The van der Waals surface area contributed by atoms with Crippen LogP contribution in [-0.2, 0) is 63.8 Å². The van der Waals surface area contributed by atoms with E-state index in [0.29, 0.717) is 30.5 Å². The molecule has 75 heavy (non-hydrogen) atoms. The second-order valence-corrected chi connectivity index (χ2v) is 20.9. The lowest BCUT2D eigenvalue weighted by atomic mass is 9.46. The number of halogens is 3. The number of carbonyl (C=O) groups excluding carboxylic acids is 8. The first-order chi connectivity index (χ1) is 35.2. The molecule has 2 aromatic carbocycles. The summed E-state index contributed by atoms with van der Waals surface area (Å²) in [6.07, 6.45) is 2.50. The number of alkyl halides is 3. The summed E-state index contributed by atoms with van der Waals surface area (Å²) in [6.45, 7) is 6.20. The molecule has 4 fully saturated rings. The number of allylic oxidation sites excluding steroid dienone is 4. The van der Waals surface area contributed by atoms with Crippen LogP contribution in [0.4, 0.5) is 18.9 Å². The zero-order chi connectivity index (χ0) is 54.9. The number of hydrogen-bond donors (Lipinski definition) is 4. The summed E-state index contributed by atoms with van der Waals surface area (Å²) < 4.78 is 51.0. The summed E-state index contributed by atoms with van der Waals surface area (Å²) in [5, 5.41) is 24.6. The molecule has 0 radical (unpaired) electrons. The number of anilines is 1. The highest BCUT2D eigenvalue weighted by Gasteiger charge is 2.76. The van der Waals surface area contributed by atoms with Gasteiger partial charge in [0.15, 0.2) is 30.1 Å². The second-order valence-electron chi connectivity index (χ2n) is 20.9. The van der Waals surface area contributed by atoms with Crippen LogP contribution >= 0.6 is 0 Å². The van der Waals surface area contributed by atoms with Crippen molar-refractivity contribution in [1.29, 1.82) is 0 Å². The summed E-state index contributed by atoms with van der Waals surface area (Å²) in [5.74, 6) is -7.33. The number of aliphatic hydroxyl groups excluding tert-OH is 1. The molecule has 21 heteroatoms. The van der Waals surface area contributed by atoms with Crippen molar-refractivity contribution < 1.29 is 80.7 Å². The smallest absolute Gasteiger partial charge is 0.475 e. The molecule has 0 bridgehead atoms. The fourth-order valence-electron chi connectivity index (χ4n) is 12.0. The Labute approximate surface area is 430 Å². The zero-order valence-corrected chi connectivity index (χ0v) is 42.3. The van der Waals surface area contributed by atoms with Crippen LogP contribution in [0.2, 0.25) is 0 Å². The quantitative estimate of drug-likeness (QED) is 0.133. The normalized spacial score (nSPS) is 29.2. The Morgan fingerprint density at radius 3 is 2.27 bits per heavy atom. The number of likely N-dealkylation sites (N-methyl/N-ethyl adjacent to an activating group) is 1. The molecular weight excluding hydrogens is 986 g/mol. The summed E-state index contributed by atoms with van der Waals surface area (Å²) >= 11 is 0. The number of carboxylic acids is 1. The lowest BCUT2D eigenvalue weighted by molar-refractivity contribution is -0.202. The van der Waals surface area contributed by atoms with Crippen LogP contribution in [-0.4, -0.2) is 137 Å². The maximum atomic E-state index is 14.7. The summed E-state index contributed by atoms with van der Waals surface area (Å²) in [5.41, 5.74) is 1.23. The Balaban J connectivity index is 0.00000109. The molecule has 4 N–H and O–H groups in total. The van der Waals surface area contributed by atoms with Gasteiger partial charge in [0.2, 0.25) is 17.6 Å². The van der Waals surface area contributed by atoms with Crippen molar-refractivity contribution in [2.75, 3.05) is 39.1 Å². The number of amides is 4. The van der Waals surface area contributed by atoms with Crippen LogP contribution < -0.4 is 10.6 Å². The summed E-state index contributed by atoms with van der Waals surface area (Å²) in [6, 6.07) is 14.1. The fourth-order valence-corrected chi connectivity index (χ4v) is 12.0. The van der Waals surface area contributed by atoms with E-state index < -0.39 is 102 Å². The molecular formula is C54H61F3N4O14. The number of ether oxygens (including phenoxy) is 3. The highest BCUT2D eigenvalue weighted by Crippen LogP contribution is 2.70. The Hall–Kier alpha value is -6.68. The van der Waals surface area contributed by atoms with Crippen LogP contribution in [0.3, 0.4) is 0 Å². The zero-order valence-electron chi connectivity index (χ0n) is 42.3. The van der Waals surface area contributed by atoms with Crippen LogP contribution in [0.25, 0.3) is 0 Å². The topological polar surface area (TPSA) is 252 Å². The molecule has 11 atom stereocenters. The highest BCUT2D eigenvalue weighted by atomic mass is 19.4. The molecule has 1 saturated heterocycles. The lowest BCUT2D eigenvalue weighted by Gasteiger charge is -2.59. The van der Waals surface area contributed by atoms with Crippen molar-refractivity contribution in [3.05, 3.63) is 101 Å². The van der Waals surface area contributed by atoms with E-state index >= 15 is 0 Å². The number of Topliss-reactive ketones (excluding diaryl/α,β-unsaturated/α-hetero) is 2. The number of nitrogens with one attached hydrogen (secondary N) is 2. The number of benzene rings is 2. The minimum absolute atomic E-state index is 0.00282. The number of fused-ring (bicyclic) bond motifs is 7. The molecule has 0 aromatic heterocycles. The first kappa shape index (κ1) is 56.1. The number of nitrogens with zero attached hydrogens (tertiary/aromatic N) is 2. The molecule has 0 unspecified atom stereocenters. The Morgan fingerprint density at radius 2 is 1.63 bits per heavy atom. The third kappa shape index (κ3) is 11.6. The largest absolute Gasteiger partial charge is 0.490 e. The van der Waals surface area contributed by atoms with Crippen LogP contribution in [0.15, 0.2) is 84.5 Å². The molecule has 8 rings (SSSR count). The number of aliphatic hydroxyl groups is 1. The molecule has 2 heterocycles. The average Bonchev–Trinajstić information content (AvgIpc) is 3.97. The van der Waals surface area contributed by atoms with Gasteiger partial charge in [-0.1, -0.05) is 68.8 Å². The summed E-state index contributed by atoms with van der Waals surface area (Å²) in [4.78, 5) is 113. The van der Waals surface area contributed by atoms with Crippen LogP contribution in [0, 0.1) is 34.5 Å². The number of carbonyl (C=O) groups is 9. The predicted molar refractivity (Wildman–Crippen MR) is 260 cm³/mol. The number of imide groups is 1. The third-order valence-corrected chi connectivity index (χ3v) is 15.6. The number of ketones is 3. The van der Waals surface area contributed by atoms with E-state index in [1.54, 1.807) is 44.1 Å². The van der Waals surface area contributed by atoms with E-state index in [1.807, 2.05) is 55.5 Å².